The maximum atomic E-state index is 12.5. The summed E-state index contributed by atoms with van der Waals surface area (Å²) in [6.45, 7) is 3.94. The second-order valence-electron chi connectivity index (χ2n) is 7.37. The molecule has 3 amide bonds. The van der Waals surface area contributed by atoms with E-state index in [-0.39, 0.29) is 24.5 Å². The highest BCUT2D eigenvalue weighted by Gasteiger charge is 2.29. The van der Waals surface area contributed by atoms with E-state index in [2.05, 4.69) is 12.2 Å². The summed E-state index contributed by atoms with van der Waals surface area (Å²) in [6, 6.07) is 7.80. The third-order valence-electron chi connectivity index (χ3n) is 5.60. The average Bonchev–Trinajstić information content (AvgIpc) is 3.19. The second-order valence-corrected chi connectivity index (χ2v) is 7.37. The normalized spacial score (nSPS) is 19.5. The van der Waals surface area contributed by atoms with Crippen molar-refractivity contribution in [3.8, 4) is 5.75 Å². The van der Waals surface area contributed by atoms with Crippen LogP contribution in [-0.2, 0) is 11.3 Å². The molecule has 142 valence electrons. The minimum Gasteiger partial charge on any atom is -0.497 e. The van der Waals surface area contributed by atoms with Crippen molar-refractivity contribution in [3.05, 3.63) is 29.8 Å². The molecule has 0 radical (unpaired) electrons. The van der Waals surface area contributed by atoms with Crippen LogP contribution in [0.5, 0.6) is 5.75 Å². The highest BCUT2D eigenvalue weighted by atomic mass is 16.5. The Morgan fingerprint density at radius 3 is 2.54 bits per heavy atom. The van der Waals surface area contributed by atoms with Crippen LogP contribution in [0.4, 0.5) is 4.79 Å². The van der Waals surface area contributed by atoms with Gasteiger partial charge in [0.15, 0.2) is 0 Å². The first kappa shape index (κ1) is 18.5. The Hall–Kier alpha value is -2.24. The number of hydrogen-bond acceptors (Lipinski definition) is 3. The van der Waals surface area contributed by atoms with Crippen molar-refractivity contribution in [2.75, 3.05) is 26.7 Å². The molecular formula is C20H29N3O3. The summed E-state index contributed by atoms with van der Waals surface area (Å²) in [5.74, 6) is 1.37. The number of methoxy groups -OCH3 is 1. The molecule has 26 heavy (non-hydrogen) atoms. The van der Waals surface area contributed by atoms with E-state index in [0.717, 1.165) is 11.3 Å². The summed E-state index contributed by atoms with van der Waals surface area (Å²) < 4.78 is 5.16. The molecule has 2 fully saturated rings. The third kappa shape index (κ3) is 4.48. The number of nitrogens with zero attached hydrogens (tertiary/aromatic N) is 2. The Balaban J connectivity index is 1.49. The zero-order valence-electron chi connectivity index (χ0n) is 15.7. The lowest BCUT2D eigenvalue weighted by Gasteiger charge is -2.35. The lowest BCUT2D eigenvalue weighted by atomic mass is 10.00. The van der Waals surface area contributed by atoms with Crippen LogP contribution in [0, 0.1) is 5.92 Å². The quantitative estimate of drug-likeness (QED) is 0.879. The van der Waals surface area contributed by atoms with Gasteiger partial charge in [0.05, 0.1) is 7.11 Å². The van der Waals surface area contributed by atoms with E-state index >= 15 is 0 Å². The van der Waals surface area contributed by atoms with Gasteiger partial charge in [-0.05, 0) is 43.4 Å². The number of piperazine rings is 1. The van der Waals surface area contributed by atoms with Crippen LogP contribution < -0.4 is 10.1 Å². The average molecular weight is 359 g/mol. The second kappa shape index (κ2) is 8.43. The lowest BCUT2D eigenvalue weighted by Crippen LogP contribution is -2.55. The van der Waals surface area contributed by atoms with E-state index in [4.69, 9.17) is 4.74 Å². The van der Waals surface area contributed by atoms with Crippen LogP contribution in [0.2, 0.25) is 0 Å². The van der Waals surface area contributed by atoms with E-state index in [1.165, 1.54) is 25.7 Å². The van der Waals surface area contributed by atoms with Gasteiger partial charge in [-0.2, -0.15) is 0 Å². The van der Waals surface area contributed by atoms with Crippen LogP contribution in [0.1, 0.15) is 38.2 Å². The summed E-state index contributed by atoms with van der Waals surface area (Å²) in [5, 5.41) is 3.09. The molecule has 1 N–H and O–H groups in total. The number of benzene rings is 1. The van der Waals surface area contributed by atoms with E-state index < -0.39 is 0 Å². The number of urea groups is 1. The largest absolute Gasteiger partial charge is 0.497 e. The molecule has 1 aromatic carbocycles. The summed E-state index contributed by atoms with van der Waals surface area (Å²) in [7, 11) is 1.64. The molecule has 0 aromatic heterocycles. The first-order valence-corrected chi connectivity index (χ1v) is 9.53. The zero-order valence-corrected chi connectivity index (χ0v) is 15.7. The summed E-state index contributed by atoms with van der Waals surface area (Å²) in [4.78, 5) is 28.4. The number of carbonyl (C=O) groups is 2. The van der Waals surface area contributed by atoms with E-state index in [0.29, 0.717) is 25.6 Å². The van der Waals surface area contributed by atoms with Crippen molar-refractivity contribution in [1.82, 2.24) is 15.1 Å². The molecule has 0 spiro atoms. The highest BCUT2D eigenvalue weighted by Crippen LogP contribution is 2.27. The van der Waals surface area contributed by atoms with Crippen molar-refractivity contribution in [3.63, 3.8) is 0 Å². The number of rotatable bonds is 5. The van der Waals surface area contributed by atoms with Gasteiger partial charge in [0, 0.05) is 25.7 Å². The van der Waals surface area contributed by atoms with Crippen molar-refractivity contribution in [2.45, 2.75) is 45.2 Å². The summed E-state index contributed by atoms with van der Waals surface area (Å²) in [6.07, 6.45) is 4.90. The number of hydrogen-bond donors (Lipinski definition) is 1. The van der Waals surface area contributed by atoms with Crippen LogP contribution in [0.15, 0.2) is 24.3 Å². The van der Waals surface area contributed by atoms with Crippen LogP contribution >= 0.6 is 0 Å². The third-order valence-corrected chi connectivity index (χ3v) is 5.60. The first-order chi connectivity index (χ1) is 12.6. The lowest BCUT2D eigenvalue weighted by molar-refractivity contribution is -0.135. The fraction of sp³-hybridized carbons (Fsp3) is 0.600. The predicted octanol–water partition coefficient (Wildman–Crippen LogP) is 2.63. The van der Waals surface area contributed by atoms with Gasteiger partial charge in [-0.1, -0.05) is 25.0 Å². The molecule has 1 atom stereocenters. The number of nitrogens with one attached hydrogen (secondary N) is 1. The molecule has 1 aromatic rings. The number of carbonyl (C=O) groups excluding carboxylic acids is 2. The van der Waals surface area contributed by atoms with Gasteiger partial charge < -0.3 is 19.9 Å². The summed E-state index contributed by atoms with van der Waals surface area (Å²) in [5.41, 5.74) is 1.06. The first-order valence-electron chi connectivity index (χ1n) is 9.53. The Labute approximate surface area is 155 Å². The van der Waals surface area contributed by atoms with Gasteiger partial charge in [-0.15, -0.1) is 0 Å². The van der Waals surface area contributed by atoms with Crippen LogP contribution in [0.3, 0.4) is 0 Å². The van der Waals surface area contributed by atoms with Crippen molar-refractivity contribution in [1.29, 1.82) is 0 Å². The molecule has 1 aliphatic heterocycles. The molecule has 0 bridgehead atoms. The molecule has 6 heteroatoms. The van der Waals surface area contributed by atoms with Crippen molar-refractivity contribution < 1.29 is 14.3 Å². The minimum absolute atomic E-state index is 0.00395. The Morgan fingerprint density at radius 1 is 1.23 bits per heavy atom. The van der Waals surface area contributed by atoms with E-state index in [1.807, 2.05) is 29.2 Å². The maximum Gasteiger partial charge on any atom is 0.318 e. The smallest absolute Gasteiger partial charge is 0.318 e. The van der Waals surface area contributed by atoms with Gasteiger partial charge in [-0.25, -0.2) is 4.79 Å². The topological polar surface area (TPSA) is 61.9 Å². The van der Waals surface area contributed by atoms with Crippen LogP contribution in [-0.4, -0.2) is 54.5 Å². The van der Waals surface area contributed by atoms with E-state index in [1.54, 1.807) is 12.0 Å². The Bertz CT molecular complexity index is 626. The molecule has 1 aliphatic carbocycles. The standard InChI is InChI=1S/C20H29N3O3/c1-15(17-5-3-4-6-17)21-20(25)23-12-11-22(19(24)14-23)13-16-7-9-18(26-2)10-8-16/h7-10,15,17H,3-6,11-14H2,1-2H3,(H,21,25)/t15-/m1/s1. The molecule has 0 unspecified atom stereocenters. The Kier molecular flexibility index (Phi) is 6.01. The molecule has 2 aliphatic rings. The molecular weight excluding hydrogens is 330 g/mol. The highest BCUT2D eigenvalue weighted by molar-refractivity contribution is 5.85. The van der Waals surface area contributed by atoms with Gasteiger partial charge in [-0.3, -0.25) is 4.79 Å². The minimum atomic E-state index is -0.109. The van der Waals surface area contributed by atoms with Crippen LogP contribution in [0.25, 0.3) is 0 Å². The fourth-order valence-electron chi connectivity index (χ4n) is 3.86. The number of ether oxygens (including phenoxy) is 1. The SMILES string of the molecule is COc1ccc(CN2CCN(C(=O)N[C@H](C)C3CCCC3)CC2=O)cc1. The summed E-state index contributed by atoms with van der Waals surface area (Å²) >= 11 is 0. The van der Waals surface area contributed by atoms with Gasteiger partial charge in [0.1, 0.15) is 12.3 Å². The van der Waals surface area contributed by atoms with Gasteiger partial charge in [0.25, 0.3) is 0 Å². The predicted molar refractivity (Wildman–Crippen MR) is 99.9 cm³/mol. The molecule has 1 saturated heterocycles. The van der Waals surface area contributed by atoms with Crippen molar-refractivity contribution >= 4 is 11.9 Å². The maximum absolute atomic E-state index is 12.5. The molecule has 1 saturated carbocycles. The van der Waals surface area contributed by atoms with E-state index in [9.17, 15) is 9.59 Å². The van der Waals surface area contributed by atoms with Crippen molar-refractivity contribution in [2.24, 2.45) is 5.92 Å². The fourth-order valence-corrected chi connectivity index (χ4v) is 3.86. The molecule has 3 rings (SSSR count). The zero-order chi connectivity index (χ0) is 18.5. The van der Waals surface area contributed by atoms with Gasteiger partial charge >= 0.3 is 6.03 Å². The van der Waals surface area contributed by atoms with Gasteiger partial charge in [0.2, 0.25) is 5.91 Å². The molecule has 1 heterocycles. The monoisotopic (exact) mass is 359 g/mol. The molecule has 6 nitrogen and oxygen atoms in total. The Morgan fingerprint density at radius 2 is 1.92 bits per heavy atom. The number of amides is 3.